The Bertz CT molecular complexity index is 405. The molecule has 0 rings (SSSR count). The first kappa shape index (κ1) is 39.2. The van der Waals surface area contributed by atoms with E-state index in [1.165, 1.54) is 167 Å². The van der Waals surface area contributed by atoms with Crippen molar-refractivity contribution in [1.29, 1.82) is 0 Å². The van der Waals surface area contributed by atoms with Crippen LogP contribution in [0.4, 0.5) is 0 Å². The van der Waals surface area contributed by atoms with Crippen molar-refractivity contribution in [1.82, 2.24) is 4.90 Å². The number of rotatable bonds is 31. The maximum atomic E-state index is 10.7. The molecule has 0 N–H and O–H groups in total. The second-order valence-electron chi connectivity index (χ2n) is 11.4. The third-order valence-electron chi connectivity index (χ3n) is 7.76. The molecule has 37 heavy (non-hydrogen) atoms. The van der Waals surface area contributed by atoms with Crippen LogP contribution >= 0.6 is 0 Å². The zero-order chi connectivity index (χ0) is 26.4. The van der Waals surface area contributed by atoms with E-state index in [1.54, 1.807) is 0 Å². The molecule has 0 aromatic rings. The van der Waals surface area contributed by atoms with Gasteiger partial charge < -0.3 is 14.8 Å². The number of carboxylic acids is 1. The standard InChI is InChI=1S/C33H67NO2.Li/c1-3-5-7-9-11-13-15-17-19-21-23-26-30-34(32-28-25-29-33(35)36)31-27-24-22-20-18-16-14-12-10-8-6-4-2;/h3-32H2,1-2H3,(H,35,36);/q;+1/p-1. The molecule has 4 heteroatoms. The van der Waals surface area contributed by atoms with Gasteiger partial charge in [-0.15, -0.1) is 0 Å². The van der Waals surface area contributed by atoms with Gasteiger partial charge in [-0.05, 0) is 51.7 Å². The molecule has 216 valence electrons. The zero-order valence-electron chi connectivity index (χ0n) is 26.0. The molecule has 0 saturated carbocycles. The topological polar surface area (TPSA) is 43.4 Å². The van der Waals surface area contributed by atoms with Crippen molar-refractivity contribution in [3.8, 4) is 0 Å². The van der Waals surface area contributed by atoms with E-state index < -0.39 is 5.97 Å². The van der Waals surface area contributed by atoms with Crippen LogP contribution in [0.1, 0.15) is 187 Å². The number of hydrogen-bond donors (Lipinski definition) is 0. The Hall–Kier alpha value is 0.0274. The molecule has 0 heterocycles. The molecule has 0 radical (unpaired) electrons. The van der Waals surface area contributed by atoms with E-state index in [1.807, 2.05) is 0 Å². The monoisotopic (exact) mass is 516 g/mol. The Kier molecular flexibility index (Phi) is 36.1. The summed E-state index contributed by atoms with van der Waals surface area (Å²) in [6.07, 6.45) is 35.5. The molecule has 0 spiro atoms. The Labute approximate surface area is 245 Å². The molecule has 3 nitrogen and oxygen atoms in total. The fourth-order valence-corrected chi connectivity index (χ4v) is 5.29. The minimum Gasteiger partial charge on any atom is -0.550 e. The molecule has 0 aliphatic carbocycles. The van der Waals surface area contributed by atoms with Crippen LogP contribution < -0.4 is 24.0 Å². The summed E-state index contributed by atoms with van der Waals surface area (Å²) in [7, 11) is 0. The molecule has 0 bridgehead atoms. The summed E-state index contributed by atoms with van der Waals surface area (Å²) in [6, 6.07) is 0. The van der Waals surface area contributed by atoms with Crippen molar-refractivity contribution in [2.75, 3.05) is 19.6 Å². The van der Waals surface area contributed by atoms with Crippen LogP contribution in [0.3, 0.4) is 0 Å². The molecular formula is C33H66LiNO2. The SMILES string of the molecule is CCCCCCCCCCCCCCN(CCCCCCCCCCCCCC)CCCCC(=O)[O-].[Li+]. The van der Waals surface area contributed by atoms with Gasteiger partial charge in [-0.2, -0.15) is 0 Å². The minimum absolute atomic E-state index is 0. The van der Waals surface area contributed by atoms with Crippen molar-refractivity contribution in [3.05, 3.63) is 0 Å². The first-order valence-electron chi connectivity index (χ1n) is 16.6. The van der Waals surface area contributed by atoms with Gasteiger partial charge in [-0.25, -0.2) is 0 Å². The summed E-state index contributed by atoms with van der Waals surface area (Å²) in [5.74, 6) is -0.900. The van der Waals surface area contributed by atoms with Crippen molar-refractivity contribution in [2.24, 2.45) is 0 Å². The van der Waals surface area contributed by atoms with Gasteiger partial charge in [0.2, 0.25) is 0 Å². The number of carboxylic acid groups (broad SMARTS) is 1. The number of nitrogens with zero attached hydrogens (tertiary/aromatic N) is 1. The summed E-state index contributed by atoms with van der Waals surface area (Å²) >= 11 is 0. The van der Waals surface area contributed by atoms with E-state index >= 15 is 0 Å². The molecule has 0 atom stereocenters. The normalized spacial score (nSPS) is 11.2. The molecule has 0 aliphatic rings. The molecule has 0 saturated heterocycles. The number of carbonyl (C=O) groups excluding carboxylic acids is 1. The molecule has 0 aliphatic heterocycles. The van der Waals surface area contributed by atoms with Crippen molar-refractivity contribution < 1.29 is 28.8 Å². The fraction of sp³-hybridized carbons (Fsp3) is 0.970. The van der Waals surface area contributed by atoms with Gasteiger partial charge in [0.15, 0.2) is 0 Å². The Balaban J connectivity index is 0. The number of aliphatic carboxylic acids is 1. The summed E-state index contributed by atoms with van der Waals surface area (Å²) < 4.78 is 0. The minimum atomic E-state index is -0.900. The van der Waals surface area contributed by atoms with E-state index in [0.717, 1.165) is 19.4 Å². The predicted octanol–water partition coefficient (Wildman–Crippen LogP) is 6.61. The molecule has 0 aromatic carbocycles. The average molecular weight is 516 g/mol. The Morgan fingerprint density at radius 1 is 0.432 bits per heavy atom. The van der Waals surface area contributed by atoms with Crippen LogP contribution in [0.5, 0.6) is 0 Å². The predicted molar refractivity (Wildman–Crippen MR) is 157 cm³/mol. The summed E-state index contributed by atoms with van der Waals surface area (Å²) in [6.45, 7) is 8.02. The van der Waals surface area contributed by atoms with Crippen LogP contribution in [0, 0.1) is 0 Å². The van der Waals surface area contributed by atoms with Crippen molar-refractivity contribution in [2.45, 2.75) is 187 Å². The summed E-state index contributed by atoms with van der Waals surface area (Å²) in [5.41, 5.74) is 0. The smallest absolute Gasteiger partial charge is 0.550 e. The zero-order valence-corrected chi connectivity index (χ0v) is 26.0. The third-order valence-corrected chi connectivity index (χ3v) is 7.76. The quantitative estimate of drug-likeness (QED) is 0.0770. The second kappa shape index (κ2) is 34.1. The first-order valence-corrected chi connectivity index (χ1v) is 16.6. The van der Waals surface area contributed by atoms with Gasteiger partial charge >= 0.3 is 18.9 Å². The molecular weight excluding hydrogens is 449 g/mol. The maximum absolute atomic E-state index is 10.7. The van der Waals surface area contributed by atoms with Gasteiger partial charge in [-0.3, -0.25) is 0 Å². The van der Waals surface area contributed by atoms with E-state index in [0.29, 0.717) is 0 Å². The van der Waals surface area contributed by atoms with E-state index in [-0.39, 0.29) is 25.3 Å². The van der Waals surface area contributed by atoms with Crippen LogP contribution in [0.2, 0.25) is 0 Å². The van der Waals surface area contributed by atoms with Crippen LogP contribution in [0.15, 0.2) is 0 Å². The van der Waals surface area contributed by atoms with Crippen LogP contribution in [-0.4, -0.2) is 30.5 Å². The van der Waals surface area contributed by atoms with Crippen molar-refractivity contribution in [3.63, 3.8) is 0 Å². The van der Waals surface area contributed by atoms with Gasteiger partial charge in [0.05, 0.1) is 0 Å². The number of hydrogen-bond acceptors (Lipinski definition) is 3. The summed E-state index contributed by atoms with van der Waals surface area (Å²) in [5, 5.41) is 10.7. The van der Waals surface area contributed by atoms with Crippen LogP contribution in [0.25, 0.3) is 0 Å². The molecule has 0 fully saturated rings. The van der Waals surface area contributed by atoms with Crippen LogP contribution in [-0.2, 0) is 4.79 Å². The number of carbonyl (C=O) groups is 1. The van der Waals surface area contributed by atoms with Gasteiger partial charge in [-0.1, -0.05) is 155 Å². The molecule has 0 amide bonds. The van der Waals surface area contributed by atoms with Gasteiger partial charge in [0.25, 0.3) is 0 Å². The van der Waals surface area contributed by atoms with E-state index in [2.05, 4.69) is 18.7 Å². The van der Waals surface area contributed by atoms with E-state index in [9.17, 15) is 9.90 Å². The van der Waals surface area contributed by atoms with E-state index in [4.69, 9.17) is 0 Å². The largest absolute Gasteiger partial charge is 1.00 e. The van der Waals surface area contributed by atoms with Gasteiger partial charge in [0.1, 0.15) is 0 Å². The first-order chi connectivity index (χ1) is 17.7. The average Bonchev–Trinajstić information content (AvgIpc) is 2.87. The summed E-state index contributed by atoms with van der Waals surface area (Å²) in [4.78, 5) is 13.3. The maximum Gasteiger partial charge on any atom is 1.00 e. The fourth-order valence-electron chi connectivity index (χ4n) is 5.29. The van der Waals surface area contributed by atoms with Crippen molar-refractivity contribution >= 4 is 5.97 Å². The third kappa shape index (κ3) is 34.0. The molecule has 0 unspecified atom stereocenters. The Morgan fingerprint density at radius 2 is 0.676 bits per heavy atom. The van der Waals surface area contributed by atoms with Gasteiger partial charge in [0, 0.05) is 5.97 Å². The number of unbranched alkanes of at least 4 members (excludes halogenated alkanes) is 23. The second-order valence-corrected chi connectivity index (χ2v) is 11.4. The Morgan fingerprint density at radius 3 is 0.946 bits per heavy atom. The molecule has 0 aromatic heterocycles.